The van der Waals surface area contributed by atoms with E-state index in [2.05, 4.69) is 4.98 Å². The van der Waals surface area contributed by atoms with Gasteiger partial charge in [-0.25, -0.2) is 13.8 Å². The average molecular weight is 259 g/mol. The number of carbonyl (C=O) groups is 1. The molecule has 0 spiro atoms. The molecule has 100 valence electrons. The Bertz CT molecular complexity index is 439. The Balaban J connectivity index is 3.09. The summed E-state index contributed by atoms with van der Waals surface area (Å²) >= 11 is 0. The lowest BCUT2D eigenvalue weighted by molar-refractivity contribution is -0.142. The van der Waals surface area contributed by atoms with Gasteiger partial charge in [0, 0.05) is 6.54 Å². The lowest BCUT2D eigenvalue weighted by Crippen LogP contribution is -2.14. The number of nitrogens with two attached hydrogens (primary N) is 2. The highest BCUT2D eigenvalue weighted by molar-refractivity contribution is 5.73. The molecule has 0 bridgehead atoms. The van der Waals surface area contributed by atoms with Gasteiger partial charge in [0.2, 0.25) is 0 Å². The van der Waals surface area contributed by atoms with E-state index in [1.165, 1.54) is 6.07 Å². The first kappa shape index (κ1) is 14.3. The SMILES string of the molecule is CCOC(=O)Cc1cc(N)c(CN)nc1C(F)F. The number of esters is 1. The van der Waals surface area contributed by atoms with Crippen LogP contribution in [0.2, 0.25) is 0 Å². The fraction of sp³-hybridized carbons (Fsp3) is 0.455. The Labute approximate surface area is 103 Å². The fourth-order valence-electron chi connectivity index (χ4n) is 1.49. The molecule has 0 aliphatic rings. The number of nitrogen functional groups attached to an aromatic ring is 1. The van der Waals surface area contributed by atoms with Gasteiger partial charge >= 0.3 is 5.97 Å². The number of alkyl halides is 2. The maximum absolute atomic E-state index is 12.8. The zero-order valence-corrected chi connectivity index (χ0v) is 9.95. The van der Waals surface area contributed by atoms with Crippen LogP contribution in [-0.4, -0.2) is 17.6 Å². The fourth-order valence-corrected chi connectivity index (χ4v) is 1.49. The van der Waals surface area contributed by atoms with E-state index in [9.17, 15) is 13.6 Å². The summed E-state index contributed by atoms with van der Waals surface area (Å²) < 4.78 is 30.3. The first-order valence-corrected chi connectivity index (χ1v) is 5.41. The smallest absolute Gasteiger partial charge is 0.310 e. The highest BCUT2D eigenvalue weighted by Crippen LogP contribution is 2.25. The number of nitrogens with zero attached hydrogens (tertiary/aromatic N) is 1. The van der Waals surface area contributed by atoms with E-state index in [0.29, 0.717) is 0 Å². The Morgan fingerprint density at radius 2 is 2.22 bits per heavy atom. The number of hydrogen-bond acceptors (Lipinski definition) is 5. The number of anilines is 1. The van der Waals surface area contributed by atoms with Crippen LogP contribution in [0.5, 0.6) is 0 Å². The van der Waals surface area contributed by atoms with Crippen molar-refractivity contribution in [1.82, 2.24) is 4.98 Å². The number of ether oxygens (including phenoxy) is 1. The van der Waals surface area contributed by atoms with Crippen LogP contribution in [0, 0.1) is 0 Å². The van der Waals surface area contributed by atoms with Crippen LogP contribution >= 0.6 is 0 Å². The average Bonchev–Trinajstić information content (AvgIpc) is 2.29. The molecule has 0 radical (unpaired) electrons. The highest BCUT2D eigenvalue weighted by atomic mass is 19.3. The van der Waals surface area contributed by atoms with Crippen molar-refractivity contribution in [2.75, 3.05) is 12.3 Å². The molecule has 0 saturated carbocycles. The van der Waals surface area contributed by atoms with E-state index < -0.39 is 18.1 Å². The number of halogens is 2. The van der Waals surface area contributed by atoms with Crippen molar-refractivity contribution in [3.05, 3.63) is 23.0 Å². The molecule has 1 aromatic rings. The second kappa shape index (κ2) is 6.25. The van der Waals surface area contributed by atoms with Gasteiger partial charge in [-0.05, 0) is 18.6 Å². The third-order valence-corrected chi connectivity index (χ3v) is 2.29. The molecule has 7 heteroatoms. The molecule has 18 heavy (non-hydrogen) atoms. The monoisotopic (exact) mass is 259 g/mol. The van der Waals surface area contributed by atoms with E-state index in [1.54, 1.807) is 6.92 Å². The third kappa shape index (κ3) is 3.36. The van der Waals surface area contributed by atoms with Gasteiger partial charge in [0.15, 0.2) is 0 Å². The van der Waals surface area contributed by atoms with Crippen LogP contribution in [0.15, 0.2) is 6.07 Å². The normalized spacial score (nSPS) is 10.7. The Hall–Kier alpha value is -1.76. The van der Waals surface area contributed by atoms with Crippen molar-refractivity contribution in [2.24, 2.45) is 5.73 Å². The first-order chi connectivity index (χ1) is 8.49. The van der Waals surface area contributed by atoms with Crippen LogP contribution in [-0.2, 0) is 22.5 Å². The number of carbonyl (C=O) groups excluding carboxylic acids is 1. The topological polar surface area (TPSA) is 91.2 Å². The molecule has 1 heterocycles. The summed E-state index contributed by atoms with van der Waals surface area (Å²) in [7, 11) is 0. The highest BCUT2D eigenvalue weighted by Gasteiger charge is 2.19. The number of rotatable bonds is 5. The second-order valence-electron chi connectivity index (χ2n) is 3.56. The summed E-state index contributed by atoms with van der Waals surface area (Å²) in [5, 5.41) is 0. The van der Waals surface area contributed by atoms with Gasteiger partial charge in [0.25, 0.3) is 6.43 Å². The molecule has 0 aromatic carbocycles. The molecule has 1 aromatic heterocycles. The van der Waals surface area contributed by atoms with Gasteiger partial charge < -0.3 is 16.2 Å². The lowest BCUT2D eigenvalue weighted by Gasteiger charge is -2.11. The van der Waals surface area contributed by atoms with Gasteiger partial charge in [0.05, 0.1) is 24.4 Å². The molecule has 0 aliphatic heterocycles. The standard InChI is InChI=1S/C11H15F2N3O2/c1-2-18-9(17)4-6-3-7(15)8(5-14)16-10(6)11(12)13/h3,11H,2,4-5,14-15H2,1H3. The number of hydrogen-bond donors (Lipinski definition) is 2. The lowest BCUT2D eigenvalue weighted by atomic mass is 10.1. The molecule has 0 saturated heterocycles. The van der Waals surface area contributed by atoms with Gasteiger partial charge in [0.1, 0.15) is 5.69 Å². The zero-order valence-electron chi connectivity index (χ0n) is 9.95. The van der Waals surface area contributed by atoms with Crippen molar-refractivity contribution in [1.29, 1.82) is 0 Å². The summed E-state index contributed by atoms with van der Waals surface area (Å²) in [6, 6.07) is 1.30. The molecular formula is C11H15F2N3O2. The molecular weight excluding hydrogens is 244 g/mol. The van der Waals surface area contributed by atoms with E-state index in [0.717, 1.165) is 0 Å². The summed E-state index contributed by atoms with van der Waals surface area (Å²) in [6.07, 6.45) is -3.07. The molecule has 0 amide bonds. The van der Waals surface area contributed by atoms with Crippen molar-refractivity contribution >= 4 is 11.7 Å². The minimum Gasteiger partial charge on any atom is -0.466 e. The first-order valence-electron chi connectivity index (χ1n) is 5.41. The van der Waals surface area contributed by atoms with Crippen LogP contribution < -0.4 is 11.5 Å². The van der Waals surface area contributed by atoms with Gasteiger partial charge in [-0.15, -0.1) is 0 Å². The molecule has 1 rings (SSSR count). The molecule has 0 unspecified atom stereocenters. The summed E-state index contributed by atoms with van der Waals surface area (Å²) in [5.41, 5.74) is 10.9. The molecule has 5 nitrogen and oxygen atoms in total. The van der Waals surface area contributed by atoms with Gasteiger partial charge in [-0.3, -0.25) is 4.79 Å². The Morgan fingerprint density at radius 1 is 1.56 bits per heavy atom. The van der Waals surface area contributed by atoms with Gasteiger partial charge in [-0.1, -0.05) is 0 Å². The maximum Gasteiger partial charge on any atom is 0.310 e. The molecule has 0 atom stereocenters. The maximum atomic E-state index is 12.8. The van der Waals surface area contributed by atoms with E-state index in [4.69, 9.17) is 16.2 Å². The number of pyridine rings is 1. The summed E-state index contributed by atoms with van der Waals surface area (Å²) in [4.78, 5) is 15.0. The third-order valence-electron chi connectivity index (χ3n) is 2.29. The van der Waals surface area contributed by atoms with Crippen molar-refractivity contribution in [3.8, 4) is 0 Å². The van der Waals surface area contributed by atoms with Crippen LogP contribution in [0.1, 0.15) is 30.3 Å². The molecule has 0 aliphatic carbocycles. The zero-order chi connectivity index (χ0) is 13.7. The largest absolute Gasteiger partial charge is 0.466 e. The minimum absolute atomic E-state index is 0.0365. The van der Waals surface area contributed by atoms with Crippen LogP contribution in [0.4, 0.5) is 14.5 Å². The second-order valence-corrected chi connectivity index (χ2v) is 3.56. The number of aromatic nitrogens is 1. The quantitative estimate of drug-likeness (QED) is 0.774. The van der Waals surface area contributed by atoms with E-state index in [1.807, 2.05) is 0 Å². The van der Waals surface area contributed by atoms with E-state index >= 15 is 0 Å². The van der Waals surface area contributed by atoms with E-state index in [-0.39, 0.29) is 36.5 Å². The van der Waals surface area contributed by atoms with Gasteiger partial charge in [-0.2, -0.15) is 0 Å². The van der Waals surface area contributed by atoms with Crippen molar-refractivity contribution in [3.63, 3.8) is 0 Å². The Morgan fingerprint density at radius 3 is 2.72 bits per heavy atom. The van der Waals surface area contributed by atoms with Crippen molar-refractivity contribution in [2.45, 2.75) is 26.3 Å². The van der Waals surface area contributed by atoms with Crippen LogP contribution in [0.3, 0.4) is 0 Å². The predicted octanol–water partition coefficient (Wildman–Crippen LogP) is 1.17. The summed E-state index contributed by atoms with van der Waals surface area (Å²) in [6.45, 7) is 1.79. The van der Waals surface area contributed by atoms with Crippen LogP contribution in [0.25, 0.3) is 0 Å². The Kier molecular flexibility index (Phi) is 4.96. The minimum atomic E-state index is -2.79. The molecule has 0 fully saturated rings. The van der Waals surface area contributed by atoms with Crippen molar-refractivity contribution < 1.29 is 18.3 Å². The molecule has 4 N–H and O–H groups in total. The summed E-state index contributed by atoms with van der Waals surface area (Å²) in [5.74, 6) is -0.596. The predicted molar refractivity (Wildman–Crippen MR) is 61.8 cm³/mol.